The normalized spacial score (nSPS) is 15.1. The zero-order valence-corrected chi connectivity index (χ0v) is 18.8. The summed E-state index contributed by atoms with van der Waals surface area (Å²) in [6.07, 6.45) is 9.06. The summed E-state index contributed by atoms with van der Waals surface area (Å²) in [5.74, 6) is -0.773. The van der Waals surface area contributed by atoms with E-state index in [1.54, 1.807) is 12.5 Å². The van der Waals surface area contributed by atoms with Crippen molar-refractivity contribution in [2.24, 2.45) is 0 Å². The first-order valence-electron chi connectivity index (χ1n) is 10.5. The SMILES string of the molecule is [C-]#[N+]CS(=O)(=O)N1CCN(c2ccc(/C=C/c3cc(F)cc(Cn4ccnc4)c3)cc2)CC1. The molecule has 0 bridgehead atoms. The van der Waals surface area contributed by atoms with Crippen LogP contribution in [-0.4, -0.2) is 54.3 Å². The monoisotopic (exact) mass is 465 g/mol. The Kier molecular flexibility index (Phi) is 6.87. The van der Waals surface area contributed by atoms with Crippen molar-refractivity contribution in [1.29, 1.82) is 0 Å². The third-order valence-corrected chi connectivity index (χ3v) is 7.10. The van der Waals surface area contributed by atoms with E-state index < -0.39 is 15.9 Å². The zero-order chi connectivity index (χ0) is 23.3. The lowest BCUT2D eigenvalue weighted by atomic mass is 10.1. The molecule has 0 amide bonds. The Bertz CT molecular complexity index is 1260. The summed E-state index contributed by atoms with van der Waals surface area (Å²) in [6, 6.07) is 13.0. The van der Waals surface area contributed by atoms with Gasteiger partial charge in [-0.1, -0.05) is 24.3 Å². The molecule has 0 spiro atoms. The molecule has 0 atom stereocenters. The summed E-state index contributed by atoms with van der Waals surface area (Å²) in [5.41, 5.74) is 3.65. The van der Waals surface area contributed by atoms with Crippen molar-refractivity contribution in [3.63, 3.8) is 0 Å². The minimum Gasteiger partial charge on any atom is -0.369 e. The van der Waals surface area contributed by atoms with Gasteiger partial charge in [0.1, 0.15) is 5.82 Å². The van der Waals surface area contributed by atoms with Gasteiger partial charge >= 0.3 is 5.88 Å². The molecule has 3 aromatic rings. The molecular formula is C24H24FN5O2S. The largest absolute Gasteiger partial charge is 0.369 e. The van der Waals surface area contributed by atoms with Crippen LogP contribution in [0.15, 0.2) is 61.2 Å². The number of benzene rings is 2. The van der Waals surface area contributed by atoms with Crippen molar-refractivity contribution < 1.29 is 12.8 Å². The van der Waals surface area contributed by atoms with Crippen LogP contribution in [0.2, 0.25) is 0 Å². The van der Waals surface area contributed by atoms with Crippen LogP contribution in [0.5, 0.6) is 0 Å². The highest BCUT2D eigenvalue weighted by Crippen LogP contribution is 2.20. The predicted octanol–water partition coefficient (Wildman–Crippen LogP) is 3.57. The summed E-state index contributed by atoms with van der Waals surface area (Å²) in [7, 11) is -3.49. The third kappa shape index (κ3) is 5.86. The van der Waals surface area contributed by atoms with Crippen molar-refractivity contribution in [1.82, 2.24) is 13.9 Å². The van der Waals surface area contributed by atoms with Crippen molar-refractivity contribution >= 4 is 27.9 Å². The number of aromatic nitrogens is 2. The van der Waals surface area contributed by atoms with Crippen LogP contribution in [0.1, 0.15) is 16.7 Å². The van der Waals surface area contributed by atoms with Gasteiger partial charge in [-0.2, -0.15) is 4.31 Å². The molecule has 0 radical (unpaired) electrons. The maximum absolute atomic E-state index is 14.1. The van der Waals surface area contributed by atoms with Gasteiger partial charge in [0.15, 0.2) is 0 Å². The molecule has 1 fully saturated rings. The van der Waals surface area contributed by atoms with E-state index in [1.165, 1.54) is 16.4 Å². The lowest BCUT2D eigenvalue weighted by Crippen LogP contribution is -2.49. The minimum absolute atomic E-state index is 0.278. The molecule has 2 heterocycles. The summed E-state index contributed by atoms with van der Waals surface area (Å²) in [5, 5.41) is 0. The van der Waals surface area contributed by atoms with Crippen LogP contribution < -0.4 is 4.90 Å². The van der Waals surface area contributed by atoms with Gasteiger partial charge in [-0.3, -0.25) is 4.85 Å². The van der Waals surface area contributed by atoms with Crippen molar-refractivity contribution in [2.75, 3.05) is 37.0 Å². The second-order valence-corrected chi connectivity index (χ2v) is 9.78. The van der Waals surface area contributed by atoms with Crippen LogP contribution in [0.4, 0.5) is 10.1 Å². The van der Waals surface area contributed by atoms with E-state index in [0.717, 1.165) is 22.4 Å². The van der Waals surface area contributed by atoms with E-state index >= 15 is 0 Å². The molecule has 1 aromatic heterocycles. The van der Waals surface area contributed by atoms with Crippen LogP contribution in [0.25, 0.3) is 17.0 Å². The molecule has 1 aliphatic rings. The van der Waals surface area contributed by atoms with Gasteiger partial charge in [0, 0.05) is 50.8 Å². The highest BCUT2D eigenvalue weighted by Gasteiger charge is 2.28. The molecule has 0 unspecified atom stereocenters. The summed E-state index contributed by atoms with van der Waals surface area (Å²) in [4.78, 5) is 9.16. The average Bonchev–Trinajstić information content (AvgIpc) is 3.31. The van der Waals surface area contributed by atoms with Crippen LogP contribution >= 0.6 is 0 Å². The first-order chi connectivity index (χ1) is 15.9. The zero-order valence-electron chi connectivity index (χ0n) is 18.0. The quantitative estimate of drug-likeness (QED) is 0.395. The fourth-order valence-electron chi connectivity index (χ4n) is 3.83. The van der Waals surface area contributed by atoms with Crippen LogP contribution in [0.3, 0.4) is 0 Å². The van der Waals surface area contributed by atoms with Gasteiger partial charge < -0.3 is 9.47 Å². The first-order valence-corrected chi connectivity index (χ1v) is 12.1. The summed E-state index contributed by atoms with van der Waals surface area (Å²) in [6.45, 7) is 9.27. The first kappa shape index (κ1) is 22.7. The number of sulfonamides is 1. The molecule has 33 heavy (non-hydrogen) atoms. The van der Waals surface area contributed by atoms with E-state index in [4.69, 9.17) is 6.57 Å². The molecule has 0 aliphatic carbocycles. The predicted molar refractivity (Wildman–Crippen MR) is 127 cm³/mol. The molecule has 0 saturated carbocycles. The van der Waals surface area contributed by atoms with Gasteiger partial charge in [0.05, 0.1) is 6.33 Å². The van der Waals surface area contributed by atoms with Gasteiger partial charge in [0.2, 0.25) is 0 Å². The van der Waals surface area contributed by atoms with Crippen molar-refractivity contribution in [3.05, 3.63) is 95.1 Å². The number of rotatable bonds is 7. The second-order valence-electron chi connectivity index (χ2n) is 7.84. The van der Waals surface area contributed by atoms with E-state index in [0.29, 0.717) is 32.7 Å². The lowest BCUT2D eigenvalue weighted by molar-refractivity contribution is 0.386. The van der Waals surface area contributed by atoms with Crippen molar-refractivity contribution in [3.8, 4) is 0 Å². The van der Waals surface area contributed by atoms with Gasteiger partial charge in [-0.05, 0) is 47.0 Å². The number of hydrogen-bond donors (Lipinski definition) is 0. The van der Waals surface area contributed by atoms with E-state index in [1.807, 2.05) is 53.2 Å². The average molecular weight is 466 g/mol. The van der Waals surface area contributed by atoms with Crippen molar-refractivity contribution in [2.45, 2.75) is 6.54 Å². The fourth-order valence-corrected chi connectivity index (χ4v) is 4.88. The Morgan fingerprint density at radius 3 is 2.42 bits per heavy atom. The Morgan fingerprint density at radius 1 is 1.03 bits per heavy atom. The summed E-state index contributed by atoms with van der Waals surface area (Å²) >= 11 is 0. The second kappa shape index (κ2) is 9.98. The minimum atomic E-state index is -3.49. The Balaban J connectivity index is 1.38. The van der Waals surface area contributed by atoms with E-state index in [2.05, 4.69) is 14.7 Å². The van der Waals surface area contributed by atoms with Gasteiger partial charge in [-0.15, -0.1) is 0 Å². The highest BCUT2D eigenvalue weighted by atomic mass is 32.2. The van der Waals surface area contributed by atoms with E-state index in [9.17, 15) is 12.8 Å². The Labute approximate surface area is 193 Å². The fraction of sp³-hybridized carbons (Fsp3) is 0.250. The molecule has 2 aromatic carbocycles. The van der Waals surface area contributed by atoms with E-state index in [-0.39, 0.29) is 5.82 Å². The summed E-state index contributed by atoms with van der Waals surface area (Å²) < 4.78 is 41.4. The van der Waals surface area contributed by atoms with Crippen LogP contribution in [0, 0.1) is 12.4 Å². The molecule has 9 heteroatoms. The molecule has 4 rings (SSSR count). The number of nitrogens with zero attached hydrogens (tertiary/aromatic N) is 5. The number of piperazine rings is 1. The van der Waals surface area contributed by atoms with Gasteiger partial charge in [-0.25, -0.2) is 24.4 Å². The number of anilines is 1. The standard InChI is InChI=1S/C24H24FN5O2S/c1-26-19-33(31,32)30-12-10-29(11-13-30)24-6-4-20(5-7-24)2-3-21-14-22(16-23(25)15-21)17-28-9-8-27-18-28/h2-9,14-16,18H,10-13,17,19H2/b3-2+. The number of imidazole rings is 1. The Hall–Kier alpha value is -3.48. The molecular weight excluding hydrogens is 441 g/mol. The topological polar surface area (TPSA) is 62.8 Å². The number of halogens is 1. The molecule has 7 nitrogen and oxygen atoms in total. The van der Waals surface area contributed by atoms with Gasteiger partial charge in [0.25, 0.3) is 10.0 Å². The Morgan fingerprint density at radius 2 is 1.76 bits per heavy atom. The molecule has 0 N–H and O–H groups in total. The maximum Gasteiger partial charge on any atom is 0.325 e. The van der Waals surface area contributed by atoms with Crippen LogP contribution in [-0.2, 0) is 16.6 Å². The number of hydrogen-bond acceptors (Lipinski definition) is 4. The molecule has 170 valence electrons. The highest BCUT2D eigenvalue weighted by molar-refractivity contribution is 7.89. The molecule has 1 aliphatic heterocycles. The lowest BCUT2D eigenvalue weighted by Gasteiger charge is -2.34. The molecule has 1 saturated heterocycles. The maximum atomic E-state index is 14.1. The third-order valence-electron chi connectivity index (χ3n) is 5.49. The smallest absolute Gasteiger partial charge is 0.325 e.